The minimum absolute atomic E-state index is 0.0743. The number of nitrogens with zero attached hydrogens (tertiary/aromatic N) is 1. The van der Waals surface area contributed by atoms with Gasteiger partial charge >= 0.3 is 0 Å². The summed E-state index contributed by atoms with van der Waals surface area (Å²) in [5, 5.41) is 0. The van der Waals surface area contributed by atoms with E-state index in [9.17, 15) is 4.79 Å². The molecule has 0 radical (unpaired) electrons. The first-order chi connectivity index (χ1) is 5.02. The summed E-state index contributed by atoms with van der Waals surface area (Å²) in [6, 6.07) is -0.372. The highest BCUT2D eigenvalue weighted by atomic mass is 16.1. The maximum atomic E-state index is 10.2. The molecule has 0 fully saturated rings. The van der Waals surface area contributed by atoms with Crippen LogP contribution in [-0.4, -0.2) is 25.6 Å². The quantitative estimate of drug-likeness (QED) is 0.479. The number of aliphatic imine (C=N–C) groups is 1. The molecule has 0 heterocycles. The highest BCUT2D eigenvalue weighted by Crippen LogP contribution is 2.17. The fraction of sp³-hybridized carbons (Fsp3) is 0.750. The lowest BCUT2D eigenvalue weighted by molar-refractivity contribution is -0.109. The number of hydrogen-bond donors (Lipinski definition) is 1. The Morgan fingerprint density at radius 3 is 2.55 bits per heavy atom. The number of carbonyl (C=O) groups is 1. The molecule has 0 bridgehead atoms. The van der Waals surface area contributed by atoms with E-state index in [-0.39, 0.29) is 11.5 Å². The van der Waals surface area contributed by atoms with Gasteiger partial charge in [0.25, 0.3) is 0 Å². The van der Waals surface area contributed by atoms with Gasteiger partial charge in [0.05, 0.1) is 6.04 Å². The van der Waals surface area contributed by atoms with Gasteiger partial charge in [-0.25, -0.2) is 0 Å². The summed E-state index contributed by atoms with van der Waals surface area (Å²) in [6.07, 6.45) is 3.23. The van der Waals surface area contributed by atoms with E-state index in [0.29, 0.717) is 6.42 Å². The average Bonchev–Trinajstić information content (AvgIpc) is 1.86. The van der Waals surface area contributed by atoms with Crippen LogP contribution < -0.4 is 5.73 Å². The van der Waals surface area contributed by atoms with E-state index < -0.39 is 0 Å². The lowest BCUT2D eigenvalue weighted by atomic mass is 9.88. The summed E-state index contributed by atoms with van der Waals surface area (Å²) >= 11 is 0. The third kappa shape index (κ3) is 4.67. The van der Waals surface area contributed by atoms with E-state index in [1.54, 1.807) is 7.05 Å². The van der Waals surface area contributed by atoms with Crippen molar-refractivity contribution in [2.75, 3.05) is 7.05 Å². The summed E-state index contributed by atoms with van der Waals surface area (Å²) in [6.45, 7) is 4.01. The zero-order valence-corrected chi connectivity index (χ0v) is 7.37. The van der Waals surface area contributed by atoms with Crippen molar-refractivity contribution in [3.8, 4) is 0 Å². The van der Waals surface area contributed by atoms with Crippen LogP contribution >= 0.6 is 0 Å². The Kier molecular flexibility index (Phi) is 3.97. The molecule has 3 heteroatoms. The minimum atomic E-state index is -0.372. The Balaban J connectivity index is 4.00. The molecule has 0 aliphatic carbocycles. The Bertz CT molecular complexity index is 152. The zero-order valence-electron chi connectivity index (χ0n) is 7.37. The number of carbonyl (C=O) groups excluding carboxylic acids is 1. The standard InChI is InChI=1S/C8H16N2O/c1-8(2,6-10-3)4-7(9)5-11/h5-7H,4,9H2,1-3H3/b10-6+/t7-/m0/s1. The smallest absolute Gasteiger partial charge is 0.136 e. The van der Waals surface area contributed by atoms with Gasteiger partial charge in [0.15, 0.2) is 0 Å². The van der Waals surface area contributed by atoms with Crippen molar-refractivity contribution >= 4 is 12.5 Å². The summed E-state index contributed by atoms with van der Waals surface area (Å²) in [5.74, 6) is 0. The van der Waals surface area contributed by atoms with Crippen LogP contribution in [0.2, 0.25) is 0 Å². The molecule has 0 amide bonds. The summed E-state index contributed by atoms with van der Waals surface area (Å²) in [7, 11) is 1.72. The molecule has 64 valence electrons. The SMILES string of the molecule is C/N=C/C(C)(C)C[C@H](N)C=O. The van der Waals surface area contributed by atoms with Crippen LogP contribution in [-0.2, 0) is 4.79 Å². The van der Waals surface area contributed by atoms with Gasteiger partial charge in [-0.1, -0.05) is 13.8 Å². The normalized spacial score (nSPS) is 15.3. The molecule has 0 saturated heterocycles. The Morgan fingerprint density at radius 2 is 2.18 bits per heavy atom. The molecule has 3 nitrogen and oxygen atoms in total. The molecule has 0 unspecified atom stereocenters. The van der Waals surface area contributed by atoms with Gasteiger partial charge in [0, 0.05) is 18.7 Å². The van der Waals surface area contributed by atoms with Gasteiger partial charge in [-0.2, -0.15) is 0 Å². The second-order valence-corrected chi connectivity index (χ2v) is 3.38. The van der Waals surface area contributed by atoms with E-state index in [1.165, 1.54) is 0 Å². The van der Waals surface area contributed by atoms with Crippen molar-refractivity contribution in [3.63, 3.8) is 0 Å². The van der Waals surface area contributed by atoms with Crippen molar-refractivity contribution in [2.45, 2.75) is 26.3 Å². The van der Waals surface area contributed by atoms with Gasteiger partial charge < -0.3 is 15.5 Å². The van der Waals surface area contributed by atoms with Crippen molar-refractivity contribution in [2.24, 2.45) is 16.1 Å². The third-order valence-electron chi connectivity index (χ3n) is 1.42. The predicted octanol–water partition coefficient (Wildman–Crippen LogP) is 0.630. The summed E-state index contributed by atoms with van der Waals surface area (Å²) < 4.78 is 0. The van der Waals surface area contributed by atoms with Crippen LogP contribution in [0.1, 0.15) is 20.3 Å². The summed E-state index contributed by atoms with van der Waals surface area (Å²) in [4.78, 5) is 14.1. The fourth-order valence-electron chi connectivity index (χ4n) is 1.06. The highest BCUT2D eigenvalue weighted by Gasteiger charge is 2.18. The molecule has 0 aliphatic heterocycles. The molecule has 0 aromatic heterocycles. The van der Waals surface area contributed by atoms with Crippen molar-refractivity contribution in [3.05, 3.63) is 0 Å². The van der Waals surface area contributed by atoms with Gasteiger partial charge in [0.1, 0.15) is 6.29 Å². The number of nitrogens with two attached hydrogens (primary N) is 1. The first kappa shape index (κ1) is 10.3. The minimum Gasteiger partial charge on any atom is -0.322 e. The van der Waals surface area contributed by atoms with Crippen molar-refractivity contribution < 1.29 is 4.79 Å². The molecule has 1 atom stereocenters. The van der Waals surface area contributed by atoms with Gasteiger partial charge in [-0.05, 0) is 6.42 Å². The highest BCUT2D eigenvalue weighted by molar-refractivity contribution is 5.66. The number of rotatable bonds is 4. The van der Waals surface area contributed by atoms with Crippen LogP contribution in [0.15, 0.2) is 4.99 Å². The van der Waals surface area contributed by atoms with Gasteiger partial charge in [-0.15, -0.1) is 0 Å². The average molecular weight is 156 g/mol. The van der Waals surface area contributed by atoms with E-state index in [0.717, 1.165) is 6.29 Å². The molecule has 0 spiro atoms. The first-order valence-electron chi connectivity index (χ1n) is 3.66. The van der Waals surface area contributed by atoms with E-state index >= 15 is 0 Å². The van der Waals surface area contributed by atoms with Crippen LogP contribution in [0.3, 0.4) is 0 Å². The van der Waals surface area contributed by atoms with E-state index in [1.807, 2.05) is 20.1 Å². The predicted molar refractivity (Wildman–Crippen MR) is 46.9 cm³/mol. The van der Waals surface area contributed by atoms with Crippen LogP contribution in [0.25, 0.3) is 0 Å². The second kappa shape index (κ2) is 4.23. The molecule has 0 saturated carbocycles. The van der Waals surface area contributed by atoms with Crippen molar-refractivity contribution in [1.29, 1.82) is 0 Å². The summed E-state index contributed by atoms with van der Waals surface area (Å²) in [5.41, 5.74) is 5.39. The lowest BCUT2D eigenvalue weighted by Gasteiger charge is -2.20. The maximum Gasteiger partial charge on any atom is 0.136 e. The first-order valence-corrected chi connectivity index (χ1v) is 3.66. The molecular weight excluding hydrogens is 140 g/mol. The van der Waals surface area contributed by atoms with Crippen LogP contribution in [0, 0.1) is 5.41 Å². The number of hydrogen-bond acceptors (Lipinski definition) is 3. The Hall–Kier alpha value is -0.700. The maximum absolute atomic E-state index is 10.2. The Morgan fingerprint density at radius 1 is 1.64 bits per heavy atom. The van der Waals surface area contributed by atoms with E-state index in [4.69, 9.17) is 5.73 Å². The third-order valence-corrected chi connectivity index (χ3v) is 1.42. The number of aldehydes is 1. The molecule has 0 aromatic carbocycles. The molecule has 2 N–H and O–H groups in total. The molecule has 0 aliphatic rings. The molecule has 11 heavy (non-hydrogen) atoms. The molecule has 0 aromatic rings. The van der Waals surface area contributed by atoms with Crippen molar-refractivity contribution in [1.82, 2.24) is 0 Å². The Labute approximate surface area is 67.7 Å². The second-order valence-electron chi connectivity index (χ2n) is 3.38. The van der Waals surface area contributed by atoms with Gasteiger partial charge in [0.2, 0.25) is 0 Å². The monoisotopic (exact) mass is 156 g/mol. The van der Waals surface area contributed by atoms with Gasteiger partial charge in [-0.3, -0.25) is 0 Å². The molecular formula is C8H16N2O. The van der Waals surface area contributed by atoms with E-state index in [2.05, 4.69) is 4.99 Å². The zero-order chi connectivity index (χ0) is 8.91. The lowest BCUT2D eigenvalue weighted by Crippen LogP contribution is -2.29. The molecule has 0 rings (SSSR count). The van der Waals surface area contributed by atoms with Crippen LogP contribution in [0.4, 0.5) is 0 Å². The fourth-order valence-corrected chi connectivity index (χ4v) is 1.06. The largest absolute Gasteiger partial charge is 0.322 e. The van der Waals surface area contributed by atoms with Crippen LogP contribution in [0.5, 0.6) is 0 Å². The topological polar surface area (TPSA) is 55.4 Å².